The highest BCUT2D eigenvalue weighted by Gasteiger charge is 2.31. The number of aliphatic hydroxyl groups excluding tert-OH is 1. The first-order valence-corrected chi connectivity index (χ1v) is 8.58. The number of aromatic nitrogens is 5. The highest BCUT2D eigenvalue weighted by Crippen LogP contribution is 2.29. The SMILES string of the molecule is CC(C)c1cc(N2CC(n3cc([C@@H](C)O)nn3)C2)nc(C(C)C)n1. The number of anilines is 1. The first-order valence-electron chi connectivity index (χ1n) is 8.58. The highest BCUT2D eigenvalue weighted by atomic mass is 16.3. The fourth-order valence-corrected chi connectivity index (χ4v) is 2.66. The van der Waals surface area contributed by atoms with E-state index in [1.54, 1.807) is 6.92 Å². The molecule has 1 saturated heterocycles. The second kappa shape index (κ2) is 6.47. The normalized spacial score (nSPS) is 16.8. The Kier molecular flexibility index (Phi) is 4.54. The maximum absolute atomic E-state index is 9.56. The molecule has 3 heterocycles. The minimum Gasteiger partial charge on any atom is -0.387 e. The number of hydrogen-bond donors (Lipinski definition) is 1. The van der Waals surface area contributed by atoms with E-state index in [0.717, 1.165) is 30.4 Å². The van der Waals surface area contributed by atoms with E-state index in [0.29, 0.717) is 17.5 Å². The predicted molar refractivity (Wildman–Crippen MR) is 92.1 cm³/mol. The van der Waals surface area contributed by atoms with Gasteiger partial charge in [0, 0.05) is 30.8 Å². The first-order chi connectivity index (χ1) is 11.3. The zero-order valence-corrected chi connectivity index (χ0v) is 15.0. The minimum absolute atomic E-state index is 0.268. The van der Waals surface area contributed by atoms with Gasteiger partial charge in [-0.2, -0.15) is 0 Å². The van der Waals surface area contributed by atoms with Crippen molar-refractivity contribution < 1.29 is 5.11 Å². The molecule has 0 unspecified atom stereocenters. The molecule has 0 aliphatic carbocycles. The predicted octanol–water partition coefficient (Wildman–Crippen LogP) is 2.43. The summed E-state index contributed by atoms with van der Waals surface area (Å²) in [7, 11) is 0. The Bertz CT molecular complexity index is 677. The van der Waals surface area contributed by atoms with Gasteiger partial charge in [-0.1, -0.05) is 32.9 Å². The molecule has 2 aromatic heterocycles. The van der Waals surface area contributed by atoms with E-state index in [9.17, 15) is 5.11 Å². The quantitative estimate of drug-likeness (QED) is 0.907. The molecule has 1 aliphatic rings. The Balaban J connectivity index is 1.74. The van der Waals surface area contributed by atoms with Gasteiger partial charge in [0.15, 0.2) is 0 Å². The van der Waals surface area contributed by atoms with Gasteiger partial charge in [0.1, 0.15) is 17.3 Å². The van der Waals surface area contributed by atoms with Crippen molar-refractivity contribution in [3.63, 3.8) is 0 Å². The van der Waals surface area contributed by atoms with E-state index in [4.69, 9.17) is 4.98 Å². The molecule has 1 aliphatic heterocycles. The van der Waals surface area contributed by atoms with Crippen LogP contribution in [0.4, 0.5) is 5.82 Å². The lowest BCUT2D eigenvalue weighted by molar-refractivity contribution is 0.194. The second-order valence-electron chi connectivity index (χ2n) is 7.18. The van der Waals surface area contributed by atoms with Crippen LogP contribution in [0.3, 0.4) is 0 Å². The molecule has 0 aromatic carbocycles. The zero-order chi connectivity index (χ0) is 17.4. The largest absolute Gasteiger partial charge is 0.387 e. The molecule has 0 amide bonds. The van der Waals surface area contributed by atoms with Gasteiger partial charge in [-0.15, -0.1) is 5.10 Å². The molecule has 1 fully saturated rings. The van der Waals surface area contributed by atoms with Crippen LogP contribution in [0.25, 0.3) is 0 Å². The zero-order valence-electron chi connectivity index (χ0n) is 15.0. The molecule has 24 heavy (non-hydrogen) atoms. The van der Waals surface area contributed by atoms with Crippen LogP contribution in [-0.2, 0) is 0 Å². The fourth-order valence-electron chi connectivity index (χ4n) is 2.66. The van der Waals surface area contributed by atoms with Gasteiger partial charge in [-0.3, -0.25) is 0 Å². The summed E-state index contributed by atoms with van der Waals surface area (Å²) < 4.78 is 1.84. The molecular formula is C17H26N6O. The van der Waals surface area contributed by atoms with Crippen LogP contribution < -0.4 is 4.90 Å². The Morgan fingerprint density at radius 1 is 1.04 bits per heavy atom. The molecule has 7 nitrogen and oxygen atoms in total. The molecule has 7 heteroatoms. The van der Waals surface area contributed by atoms with Crippen molar-refractivity contribution in [1.82, 2.24) is 25.0 Å². The lowest BCUT2D eigenvalue weighted by Crippen LogP contribution is -2.48. The molecule has 2 aromatic rings. The van der Waals surface area contributed by atoms with Crippen LogP contribution in [0.15, 0.2) is 12.3 Å². The van der Waals surface area contributed by atoms with E-state index in [2.05, 4.69) is 54.0 Å². The van der Waals surface area contributed by atoms with Crippen molar-refractivity contribution in [2.24, 2.45) is 0 Å². The van der Waals surface area contributed by atoms with E-state index in [1.807, 2.05) is 10.9 Å². The Labute approximate surface area is 142 Å². The van der Waals surface area contributed by atoms with Gasteiger partial charge in [0.2, 0.25) is 0 Å². The standard InChI is InChI=1S/C17H26N6O/c1-10(2)14-6-16(19-17(18-14)11(3)4)22-7-13(8-22)23-9-15(12(5)24)20-21-23/h6,9-13,24H,7-8H2,1-5H3/t12-/m1/s1. The van der Waals surface area contributed by atoms with E-state index in [1.165, 1.54) is 0 Å². The van der Waals surface area contributed by atoms with Crippen molar-refractivity contribution in [3.05, 3.63) is 29.5 Å². The van der Waals surface area contributed by atoms with Gasteiger partial charge < -0.3 is 10.0 Å². The summed E-state index contributed by atoms with van der Waals surface area (Å²) in [6.45, 7) is 11.9. The van der Waals surface area contributed by atoms with Gasteiger partial charge >= 0.3 is 0 Å². The topological polar surface area (TPSA) is 80.0 Å². The fraction of sp³-hybridized carbons (Fsp3) is 0.647. The third-order valence-corrected chi connectivity index (χ3v) is 4.37. The maximum Gasteiger partial charge on any atom is 0.133 e. The average molecular weight is 330 g/mol. The summed E-state index contributed by atoms with van der Waals surface area (Å²) in [6.07, 6.45) is 1.24. The maximum atomic E-state index is 9.56. The monoisotopic (exact) mass is 330 g/mol. The average Bonchev–Trinajstić information content (AvgIpc) is 2.95. The van der Waals surface area contributed by atoms with Crippen molar-refractivity contribution in [3.8, 4) is 0 Å². The third kappa shape index (κ3) is 3.26. The molecular weight excluding hydrogens is 304 g/mol. The van der Waals surface area contributed by atoms with E-state index >= 15 is 0 Å². The number of nitrogens with zero attached hydrogens (tertiary/aromatic N) is 6. The number of aliphatic hydroxyl groups is 1. The molecule has 0 saturated carbocycles. The molecule has 1 N–H and O–H groups in total. The Morgan fingerprint density at radius 2 is 1.75 bits per heavy atom. The van der Waals surface area contributed by atoms with Crippen LogP contribution in [0.2, 0.25) is 0 Å². The summed E-state index contributed by atoms with van der Waals surface area (Å²) in [4.78, 5) is 11.7. The van der Waals surface area contributed by atoms with Crippen molar-refractivity contribution >= 4 is 5.82 Å². The summed E-state index contributed by atoms with van der Waals surface area (Å²) >= 11 is 0. The Morgan fingerprint density at radius 3 is 2.29 bits per heavy atom. The molecule has 0 bridgehead atoms. The lowest BCUT2D eigenvalue weighted by Gasteiger charge is -2.40. The first kappa shape index (κ1) is 16.8. The van der Waals surface area contributed by atoms with Gasteiger partial charge in [-0.05, 0) is 12.8 Å². The van der Waals surface area contributed by atoms with Gasteiger partial charge in [-0.25, -0.2) is 14.6 Å². The van der Waals surface area contributed by atoms with Crippen LogP contribution >= 0.6 is 0 Å². The summed E-state index contributed by atoms with van der Waals surface area (Å²) in [5.74, 6) is 2.58. The van der Waals surface area contributed by atoms with Crippen LogP contribution in [0.1, 0.15) is 75.8 Å². The lowest BCUT2D eigenvalue weighted by atomic mass is 10.1. The molecule has 1 atom stereocenters. The Hall–Kier alpha value is -2.02. The van der Waals surface area contributed by atoms with E-state index < -0.39 is 6.10 Å². The summed E-state index contributed by atoms with van der Waals surface area (Å²) in [6, 6.07) is 2.36. The number of rotatable bonds is 5. The van der Waals surface area contributed by atoms with Crippen molar-refractivity contribution in [1.29, 1.82) is 0 Å². The van der Waals surface area contributed by atoms with E-state index in [-0.39, 0.29) is 6.04 Å². The molecule has 130 valence electrons. The number of hydrogen-bond acceptors (Lipinski definition) is 6. The minimum atomic E-state index is -0.584. The highest BCUT2D eigenvalue weighted by molar-refractivity contribution is 5.44. The van der Waals surface area contributed by atoms with Gasteiger partial charge in [0.25, 0.3) is 0 Å². The molecule has 3 rings (SSSR count). The third-order valence-electron chi connectivity index (χ3n) is 4.37. The summed E-state index contributed by atoms with van der Waals surface area (Å²) in [5.41, 5.74) is 1.70. The summed E-state index contributed by atoms with van der Waals surface area (Å²) in [5, 5.41) is 17.7. The second-order valence-corrected chi connectivity index (χ2v) is 7.18. The van der Waals surface area contributed by atoms with Crippen molar-refractivity contribution in [2.45, 2.75) is 58.6 Å². The van der Waals surface area contributed by atoms with Gasteiger partial charge in [0.05, 0.1) is 18.3 Å². The molecule has 0 radical (unpaired) electrons. The van der Waals surface area contributed by atoms with Crippen LogP contribution in [0, 0.1) is 0 Å². The smallest absolute Gasteiger partial charge is 0.133 e. The molecule has 0 spiro atoms. The van der Waals surface area contributed by atoms with Crippen LogP contribution in [0.5, 0.6) is 0 Å². The van der Waals surface area contributed by atoms with Crippen molar-refractivity contribution in [2.75, 3.05) is 18.0 Å². The van der Waals surface area contributed by atoms with Crippen LogP contribution in [-0.4, -0.2) is 43.2 Å².